The van der Waals surface area contributed by atoms with Crippen molar-refractivity contribution in [2.24, 2.45) is 0 Å². The zero-order valence-electron chi connectivity index (χ0n) is 9.61. The first-order chi connectivity index (χ1) is 7.99. The number of rotatable bonds is 2. The Bertz CT molecular complexity index is 564. The van der Waals surface area contributed by atoms with Crippen molar-refractivity contribution in [1.29, 1.82) is 0 Å². The predicted molar refractivity (Wildman–Crippen MR) is 64.9 cm³/mol. The molecule has 5 nitrogen and oxygen atoms in total. The number of carboxylic acid groups (broad SMARTS) is 1. The van der Waals surface area contributed by atoms with Crippen molar-refractivity contribution in [1.82, 2.24) is 10.2 Å². The van der Waals surface area contributed by atoms with Crippen LogP contribution in [0.15, 0.2) is 18.2 Å². The predicted octanol–water partition coefficient (Wildman–Crippen LogP) is 1.97. The van der Waals surface area contributed by atoms with E-state index in [4.69, 9.17) is 10.8 Å². The minimum absolute atomic E-state index is 0.0665. The number of H-pyrrole nitrogens is 1. The summed E-state index contributed by atoms with van der Waals surface area (Å²) in [5.41, 5.74) is 10.1. The van der Waals surface area contributed by atoms with Gasteiger partial charge in [0.25, 0.3) is 0 Å². The van der Waals surface area contributed by atoms with Crippen LogP contribution in [0.1, 0.15) is 21.6 Å². The number of hydrogen-bond acceptors (Lipinski definition) is 3. The number of aromatic carboxylic acids is 1. The molecule has 2 rings (SSSR count). The number of aromatic amines is 1. The van der Waals surface area contributed by atoms with Crippen LogP contribution in [-0.4, -0.2) is 21.3 Å². The minimum Gasteiger partial charge on any atom is -0.477 e. The Morgan fingerprint density at radius 2 is 2.06 bits per heavy atom. The summed E-state index contributed by atoms with van der Waals surface area (Å²) in [6.45, 7) is 3.90. The van der Waals surface area contributed by atoms with E-state index >= 15 is 0 Å². The molecule has 17 heavy (non-hydrogen) atoms. The number of hydrogen-bond donors (Lipinski definition) is 3. The number of nitrogens with zero attached hydrogens (tertiary/aromatic N) is 1. The Labute approximate surface area is 98.3 Å². The minimum atomic E-state index is -1.03. The lowest BCUT2D eigenvalue weighted by atomic mass is 10.0. The van der Waals surface area contributed by atoms with Gasteiger partial charge in [-0.05, 0) is 43.2 Å². The van der Waals surface area contributed by atoms with Crippen LogP contribution in [0, 0.1) is 13.8 Å². The molecule has 4 N–H and O–H groups in total. The van der Waals surface area contributed by atoms with E-state index in [9.17, 15) is 4.79 Å². The van der Waals surface area contributed by atoms with Gasteiger partial charge >= 0.3 is 5.97 Å². The van der Waals surface area contributed by atoms with E-state index in [2.05, 4.69) is 10.2 Å². The first-order valence-electron chi connectivity index (χ1n) is 5.15. The van der Waals surface area contributed by atoms with Crippen LogP contribution in [0.4, 0.5) is 5.69 Å². The van der Waals surface area contributed by atoms with Gasteiger partial charge in [0.2, 0.25) is 0 Å². The first kappa shape index (κ1) is 11.2. The summed E-state index contributed by atoms with van der Waals surface area (Å²) in [5.74, 6) is -1.03. The van der Waals surface area contributed by atoms with Crippen molar-refractivity contribution in [3.63, 3.8) is 0 Å². The summed E-state index contributed by atoms with van der Waals surface area (Å²) in [6.07, 6.45) is 0. The van der Waals surface area contributed by atoms with Crippen LogP contribution in [0.2, 0.25) is 0 Å². The maximum atomic E-state index is 10.7. The second kappa shape index (κ2) is 3.93. The molecule has 0 saturated carbocycles. The molecule has 88 valence electrons. The van der Waals surface area contributed by atoms with Gasteiger partial charge in [0.1, 0.15) is 5.69 Å². The van der Waals surface area contributed by atoms with E-state index in [1.54, 1.807) is 6.07 Å². The summed E-state index contributed by atoms with van der Waals surface area (Å²) >= 11 is 0. The molecule has 0 bridgehead atoms. The van der Waals surface area contributed by atoms with Gasteiger partial charge in [-0.1, -0.05) is 0 Å². The van der Waals surface area contributed by atoms with Crippen molar-refractivity contribution >= 4 is 11.7 Å². The van der Waals surface area contributed by atoms with E-state index in [0.29, 0.717) is 11.4 Å². The lowest BCUT2D eigenvalue weighted by molar-refractivity contribution is 0.0690. The molecule has 1 aromatic heterocycles. The number of nitrogens with one attached hydrogen (secondary N) is 1. The molecule has 0 unspecified atom stereocenters. The second-order valence-electron chi connectivity index (χ2n) is 3.98. The summed E-state index contributed by atoms with van der Waals surface area (Å²) in [4.78, 5) is 10.7. The lowest BCUT2D eigenvalue weighted by Crippen LogP contribution is -1.95. The van der Waals surface area contributed by atoms with Crippen molar-refractivity contribution in [2.45, 2.75) is 13.8 Å². The molecule has 1 heterocycles. The number of nitrogen functional groups attached to an aromatic ring is 1. The van der Waals surface area contributed by atoms with Gasteiger partial charge < -0.3 is 10.8 Å². The molecule has 0 saturated heterocycles. The zero-order chi connectivity index (χ0) is 12.6. The van der Waals surface area contributed by atoms with Crippen molar-refractivity contribution in [2.75, 3.05) is 5.73 Å². The number of anilines is 1. The van der Waals surface area contributed by atoms with Gasteiger partial charge in [0.05, 0.1) is 5.69 Å². The average Bonchev–Trinajstić information content (AvgIpc) is 2.74. The molecule has 5 heteroatoms. The molecule has 0 atom stereocenters. The molecule has 0 aliphatic heterocycles. The first-order valence-corrected chi connectivity index (χ1v) is 5.15. The van der Waals surface area contributed by atoms with Gasteiger partial charge in [-0.15, -0.1) is 0 Å². The standard InChI is InChI=1S/C12H13N3O2/c1-6-3-8(4-9(13)7(6)2)10-5-11(12(16)17)15-14-10/h3-5H,13H2,1-2H3,(H,14,15)(H,16,17). The van der Waals surface area contributed by atoms with Gasteiger partial charge in [0, 0.05) is 11.3 Å². The quantitative estimate of drug-likeness (QED) is 0.689. The monoisotopic (exact) mass is 231 g/mol. The van der Waals surface area contributed by atoms with Crippen molar-refractivity contribution < 1.29 is 9.90 Å². The van der Waals surface area contributed by atoms with E-state index in [-0.39, 0.29) is 5.69 Å². The molecule has 0 radical (unpaired) electrons. The number of carbonyl (C=O) groups is 1. The van der Waals surface area contributed by atoms with Gasteiger partial charge in [-0.25, -0.2) is 4.79 Å². The van der Waals surface area contributed by atoms with Crippen LogP contribution >= 0.6 is 0 Å². The fourth-order valence-corrected chi connectivity index (χ4v) is 1.61. The fraction of sp³-hybridized carbons (Fsp3) is 0.167. The number of benzene rings is 1. The molecule has 0 spiro atoms. The number of carboxylic acids is 1. The Morgan fingerprint density at radius 1 is 1.35 bits per heavy atom. The van der Waals surface area contributed by atoms with Gasteiger partial charge in [-0.3, -0.25) is 5.10 Å². The number of nitrogens with two attached hydrogens (primary N) is 1. The molecular formula is C12H13N3O2. The number of aromatic nitrogens is 2. The van der Waals surface area contributed by atoms with E-state index in [0.717, 1.165) is 16.7 Å². The Kier molecular flexibility index (Phi) is 2.59. The molecule has 0 fully saturated rings. The third-order valence-electron chi connectivity index (χ3n) is 2.81. The largest absolute Gasteiger partial charge is 0.477 e. The van der Waals surface area contributed by atoms with E-state index < -0.39 is 5.97 Å². The van der Waals surface area contributed by atoms with Crippen LogP contribution < -0.4 is 5.73 Å². The average molecular weight is 231 g/mol. The number of aryl methyl sites for hydroxylation is 1. The Hall–Kier alpha value is -2.30. The highest BCUT2D eigenvalue weighted by atomic mass is 16.4. The molecule has 0 amide bonds. The third kappa shape index (κ3) is 1.99. The summed E-state index contributed by atoms with van der Waals surface area (Å²) in [6, 6.07) is 5.23. The lowest BCUT2D eigenvalue weighted by Gasteiger charge is -2.06. The van der Waals surface area contributed by atoms with Crippen LogP contribution in [-0.2, 0) is 0 Å². The highest BCUT2D eigenvalue weighted by Crippen LogP contribution is 2.25. The van der Waals surface area contributed by atoms with Crippen molar-refractivity contribution in [3.05, 3.63) is 35.0 Å². The van der Waals surface area contributed by atoms with Crippen LogP contribution in [0.5, 0.6) is 0 Å². The molecular weight excluding hydrogens is 218 g/mol. The maximum absolute atomic E-state index is 10.7. The van der Waals surface area contributed by atoms with E-state index in [1.165, 1.54) is 6.07 Å². The zero-order valence-corrected chi connectivity index (χ0v) is 9.61. The Balaban J connectivity index is 2.49. The normalized spacial score (nSPS) is 10.5. The second-order valence-corrected chi connectivity index (χ2v) is 3.98. The van der Waals surface area contributed by atoms with Gasteiger partial charge in [-0.2, -0.15) is 5.10 Å². The smallest absolute Gasteiger partial charge is 0.353 e. The molecule has 1 aromatic carbocycles. The summed E-state index contributed by atoms with van der Waals surface area (Å²) < 4.78 is 0. The highest BCUT2D eigenvalue weighted by molar-refractivity contribution is 5.87. The topological polar surface area (TPSA) is 92.0 Å². The SMILES string of the molecule is Cc1cc(-c2cc(C(=O)O)[nH]n2)cc(N)c1C. The molecule has 0 aliphatic rings. The third-order valence-corrected chi connectivity index (χ3v) is 2.81. The van der Waals surface area contributed by atoms with E-state index in [1.807, 2.05) is 19.9 Å². The van der Waals surface area contributed by atoms with Crippen molar-refractivity contribution in [3.8, 4) is 11.3 Å². The highest BCUT2D eigenvalue weighted by Gasteiger charge is 2.10. The summed E-state index contributed by atoms with van der Waals surface area (Å²) in [7, 11) is 0. The van der Waals surface area contributed by atoms with Gasteiger partial charge in [0.15, 0.2) is 0 Å². The van der Waals surface area contributed by atoms with Crippen LogP contribution in [0.25, 0.3) is 11.3 Å². The summed E-state index contributed by atoms with van der Waals surface area (Å²) in [5, 5.41) is 15.2. The Morgan fingerprint density at radius 3 is 2.59 bits per heavy atom. The molecule has 0 aliphatic carbocycles. The van der Waals surface area contributed by atoms with Crippen LogP contribution in [0.3, 0.4) is 0 Å². The molecule has 2 aromatic rings. The maximum Gasteiger partial charge on any atom is 0.353 e. The fourth-order valence-electron chi connectivity index (χ4n) is 1.61.